The molecule has 1 aromatic carbocycles. The Morgan fingerprint density at radius 3 is 2.38 bits per heavy atom. The quantitative estimate of drug-likeness (QED) is 0.676. The summed E-state index contributed by atoms with van der Waals surface area (Å²) in [5.41, 5.74) is 2.56. The number of hydrogen-bond donors (Lipinski definition) is 0. The van der Waals surface area contributed by atoms with Crippen LogP contribution in [0, 0.1) is 0 Å². The maximum absolute atomic E-state index is 12.8. The SMILES string of the molecule is O=C(c1cnc(-c2cccnc2)nc1)N1CCN(C/C=C/c2ccccc2)CC1. The van der Waals surface area contributed by atoms with Gasteiger partial charge in [-0.1, -0.05) is 42.5 Å². The van der Waals surface area contributed by atoms with Gasteiger partial charge in [0.2, 0.25) is 0 Å². The molecule has 1 saturated heterocycles. The second-order valence-electron chi connectivity index (χ2n) is 6.94. The first-order valence-electron chi connectivity index (χ1n) is 9.75. The minimum absolute atomic E-state index is 0.0118. The summed E-state index contributed by atoms with van der Waals surface area (Å²) in [6.07, 6.45) is 10.9. The average Bonchev–Trinajstić information content (AvgIpc) is 2.80. The van der Waals surface area contributed by atoms with Gasteiger partial charge in [-0.15, -0.1) is 0 Å². The Morgan fingerprint density at radius 1 is 0.931 bits per heavy atom. The Kier molecular flexibility index (Phi) is 6.02. The maximum atomic E-state index is 12.8. The van der Waals surface area contributed by atoms with Crippen molar-refractivity contribution in [3.8, 4) is 11.4 Å². The van der Waals surface area contributed by atoms with Gasteiger partial charge in [0.05, 0.1) is 5.56 Å². The molecular formula is C23H23N5O. The van der Waals surface area contributed by atoms with Gasteiger partial charge < -0.3 is 4.90 Å². The fraction of sp³-hybridized carbons (Fsp3) is 0.217. The molecule has 0 atom stereocenters. The number of rotatable bonds is 5. The van der Waals surface area contributed by atoms with Crippen LogP contribution in [0.15, 0.2) is 73.3 Å². The number of carbonyl (C=O) groups is 1. The van der Waals surface area contributed by atoms with Crippen molar-refractivity contribution in [3.63, 3.8) is 0 Å². The van der Waals surface area contributed by atoms with E-state index in [1.165, 1.54) is 5.56 Å². The van der Waals surface area contributed by atoms with E-state index >= 15 is 0 Å². The first kappa shape index (κ1) is 19.0. The smallest absolute Gasteiger partial charge is 0.257 e. The van der Waals surface area contributed by atoms with E-state index in [4.69, 9.17) is 0 Å². The zero-order chi connectivity index (χ0) is 19.9. The lowest BCUT2D eigenvalue weighted by atomic mass is 10.2. The van der Waals surface area contributed by atoms with Crippen molar-refractivity contribution in [2.24, 2.45) is 0 Å². The molecule has 2 aromatic heterocycles. The second-order valence-corrected chi connectivity index (χ2v) is 6.94. The van der Waals surface area contributed by atoms with Gasteiger partial charge in [-0.3, -0.25) is 14.7 Å². The van der Waals surface area contributed by atoms with Crippen LogP contribution >= 0.6 is 0 Å². The van der Waals surface area contributed by atoms with E-state index in [2.05, 4.69) is 44.1 Å². The minimum atomic E-state index is -0.0118. The van der Waals surface area contributed by atoms with Crippen molar-refractivity contribution in [1.82, 2.24) is 24.8 Å². The Hall–Kier alpha value is -3.38. The molecule has 29 heavy (non-hydrogen) atoms. The van der Waals surface area contributed by atoms with E-state index < -0.39 is 0 Å². The highest BCUT2D eigenvalue weighted by atomic mass is 16.2. The molecule has 146 valence electrons. The van der Waals surface area contributed by atoms with Gasteiger partial charge in [0, 0.05) is 63.1 Å². The normalized spacial score (nSPS) is 15.0. The van der Waals surface area contributed by atoms with Crippen molar-refractivity contribution < 1.29 is 4.79 Å². The summed E-state index contributed by atoms with van der Waals surface area (Å²) in [6, 6.07) is 14.0. The molecule has 1 aliphatic heterocycles. The van der Waals surface area contributed by atoms with Gasteiger partial charge in [0.15, 0.2) is 5.82 Å². The molecule has 4 rings (SSSR count). The van der Waals surface area contributed by atoms with Gasteiger partial charge in [-0.05, 0) is 17.7 Å². The molecule has 1 aliphatic rings. The van der Waals surface area contributed by atoms with Crippen LogP contribution in [0.4, 0.5) is 0 Å². The standard InChI is InChI=1S/C23H23N5O/c29-23(21-17-25-22(26-18-21)20-9-4-10-24-16-20)28-14-12-27(13-15-28)11-5-8-19-6-2-1-3-7-19/h1-10,16-18H,11-15H2/b8-5+. The predicted molar refractivity (Wildman–Crippen MR) is 113 cm³/mol. The fourth-order valence-corrected chi connectivity index (χ4v) is 3.30. The molecule has 3 aromatic rings. The summed E-state index contributed by atoms with van der Waals surface area (Å²) in [7, 11) is 0. The van der Waals surface area contributed by atoms with Crippen LogP contribution in [0.5, 0.6) is 0 Å². The van der Waals surface area contributed by atoms with Gasteiger partial charge >= 0.3 is 0 Å². The Bertz CT molecular complexity index is 950. The summed E-state index contributed by atoms with van der Waals surface area (Å²) < 4.78 is 0. The van der Waals surface area contributed by atoms with Gasteiger partial charge in [0.25, 0.3) is 5.91 Å². The maximum Gasteiger partial charge on any atom is 0.257 e. The predicted octanol–water partition coefficient (Wildman–Crippen LogP) is 3.01. The number of carbonyl (C=O) groups excluding carboxylic acids is 1. The topological polar surface area (TPSA) is 62.2 Å². The first-order chi connectivity index (χ1) is 14.3. The molecule has 0 saturated carbocycles. The highest BCUT2D eigenvalue weighted by Crippen LogP contribution is 2.14. The van der Waals surface area contributed by atoms with E-state index in [0.717, 1.165) is 25.2 Å². The minimum Gasteiger partial charge on any atom is -0.336 e. The molecule has 6 nitrogen and oxygen atoms in total. The molecule has 1 amide bonds. The van der Waals surface area contributed by atoms with Gasteiger partial charge in [0.1, 0.15) is 0 Å². The average molecular weight is 385 g/mol. The number of benzene rings is 1. The lowest BCUT2D eigenvalue weighted by molar-refractivity contribution is 0.0649. The summed E-state index contributed by atoms with van der Waals surface area (Å²) in [4.78, 5) is 29.7. The fourth-order valence-electron chi connectivity index (χ4n) is 3.30. The summed E-state index contributed by atoms with van der Waals surface area (Å²) in [6.45, 7) is 4.03. The summed E-state index contributed by atoms with van der Waals surface area (Å²) in [5.74, 6) is 0.562. The lowest BCUT2D eigenvalue weighted by Crippen LogP contribution is -2.48. The number of amides is 1. The highest BCUT2D eigenvalue weighted by Gasteiger charge is 2.22. The van der Waals surface area contributed by atoms with Crippen molar-refractivity contribution in [3.05, 3.63) is 84.5 Å². The van der Waals surface area contributed by atoms with Crippen LogP contribution < -0.4 is 0 Å². The van der Waals surface area contributed by atoms with Gasteiger partial charge in [-0.2, -0.15) is 0 Å². The van der Waals surface area contributed by atoms with Crippen molar-refractivity contribution >= 4 is 12.0 Å². The third-order valence-electron chi connectivity index (χ3n) is 4.95. The van der Waals surface area contributed by atoms with Crippen molar-refractivity contribution in [2.45, 2.75) is 0 Å². The molecule has 0 N–H and O–H groups in total. The summed E-state index contributed by atoms with van der Waals surface area (Å²) >= 11 is 0. The molecule has 3 heterocycles. The molecule has 6 heteroatoms. The Balaban J connectivity index is 1.29. The van der Waals surface area contributed by atoms with Gasteiger partial charge in [-0.25, -0.2) is 9.97 Å². The molecule has 0 spiro atoms. The van der Waals surface area contributed by atoms with Crippen molar-refractivity contribution in [2.75, 3.05) is 32.7 Å². The molecule has 0 unspecified atom stereocenters. The van der Waals surface area contributed by atoms with Crippen LogP contribution in [-0.4, -0.2) is 63.4 Å². The summed E-state index contributed by atoms with van der Waals surface area (Å²) in [5, 5.41) is 0. The van der Waals surface area contributed by atoms with E-state index in [1.807, 2.05) is 35.2 Å². The number of pyridine rings is 1. The van der Waals surface area contributed by atoms with Crippen LogP contribution in [0.1, 0.15) is 15.9 Å². The number of hydrogen-bond acceptors (Lipinski definition) is 5. The molecule has 0 aliphatic carbocycles. The lowest BCUT2D eigenvalue weighted by Gasteiger charge is -2.34. The second kappa shape index (κ2) is 9.21. The van der Waals surface area contributed by atoms with E-state index in [1.54, 1.807) is 24.8 Å². The largest absolute Gasteiger partial charge is 0.336 e. The van der Waals surface area contributed by atoms with E-state index in [-0.39, 0.29) is 5.91 Å². The Labute approximate surface area is 170 Å². The monoisotopic (exact) mass is 385 g/mol. The van der Waals surface area contributed by atoms with E-state index in [9.17, 15) is 4.79 Å². The van der Waals surface area contributed by atoms with Crippen molar-refractivity contribution in [1.29, 1.82) is 0 Å². The molecular weight excluding hydrogens is 362 g/mol. The number of aromatic nitrogens is 3. The van der Waals surface area contributed by atoms with Crippen LogP contribution in [0.25, 0.3) is 17.5 Å². The van der Waals surface area contributed by atoms with Crippen LogP contribution in [-0.2, 0) is 0 Å². The highest BCUT2D eigenvalue weighted by molar-refractivity contribution is 5.93. The van der Waals surface area contributed by atoms with E-state index in [0.29, 0.717) is 24.5 Å². The first-order valence-corrected chi connectivity index (χ1v) is 9.75. The molecule has 0 radical (unpaired) electrons. The Morgan fingerprint density at radius 2 is 1.69 bits per heavy atom. The number of piperazine rings is 1. The van der Waals surface area contributed by atoms with Crippen LogP contribution in [0.3, 0.4) is 0 Å². The van der Waals surface area contributed by atoms with Crippen LogP contribution in [0.2, 0.25) is 0 Å². The third-order valence-corrected chi connectivity index (χ3v) is 4.95. The number of nitrogens with zero attached hydrogens (tertiary/aromatic N) is 5. The molecule has 1 fully saturated rings. The zero-order valence-electron chi connectivity index (χ0n) is 16.2. The zero-order valence-corrected chi connectivity index (χ0v) is 16.2. The molecule has 0 bridgehead atoms. The third kappa shape index (κ3) is 4.92.